The number of terminal acetylenes is 1. The summed E-state index contributed by atoms with van der Waals surface area (Å²) in [6, 6.07) is 19.7. The fourth-order valence-electron chi connectivity index (χ4n) is 3.51. The highest BCUT2D eigenvalue weighted by Crippen LogP contribution is 2.29. The zero-order chi connectivity index (χ0) is 20.5. The van der Waals surface area contributed by atoms with E-state index in [1.165, 1.54) is 0 Å². The first-order valence-electron chi connectivity index (χ1n) is 9.80. The molecular formula is C24H28O5. The summed E-state index contributed by atoms with van der Waals surface area (Å²) in [5.41, 5.74) is 2.05. The summed E-state index contributed by atoms with van der Waals surface area (Å²) < 4.78 is 23.7. The molecule has 0 saturated carbocycles. The van der Waals surface area contributed by atoms with Gasteiger partial charge in [-0.1, -0.05) is 60.7 Å². The summed E-state index contributed by atoms with van der Waals surface area (Å²) >= 11 is 0. The minimum Gasteiger partial charge on any atom is -0.388 e. The van der Waals surface area contributed by atoms with Crippen molar-refractivity contribution in [3.05, 3.63) is 71.8 Å². The summed E-state index contributed by atoms with van der Waals surface area (Å²) in [5.74, 6) is 2.58. The molecular weight excluding hydrogens is 368 g/mol. The average molecular weight is 396 g/mol. The van der Waals surface area contributed by atoms with Crippen LogP contribution in [0.3, 0.4) is 0 Å². The van der Waals surface area contributed by atoms with Crippen LogP contribution in [0.2, 0.25) is 0 Å². The largest absolute Gasteiger partial charge is 0.388 e. The smallest absolute Gasteiger partial charge is 0.115 e. The molecule has 5 heteroatoms. The van der Waals surface area contributed by atoms with Crippen molar-refractivity contribution in [3.8, 4) is 12.3 Å². The second kappa shape index (κ2) is 11.1. The molecule has 0 unspecified atom stereocenters. The Labute approximate surface area is 172 Å². The Kier molecular flexibility index (Phi) is 8.24. The number of hydrogen-bond donors (Lipinski definition) is 1. The van der Waals surface area contributed by atoms with Crippen molar-refractivity contribution < 1.29 is 24.1 Å². The number of aliphatic hydroxyl groups is 1. The lowest BCUT2D eigenvalue weighted by molar-refractivity contribution is -0.258. The summed E-state index contributed by atoms with van der Waals surface area (Å²) in [6.07, 6.45) is 2.85. The summed E-state index contributed by atoms with van der Waals surface area (Å²) in [5, 5.41) is 10.9. The summed E-state index contributed by atoms with van der Waals surface area (Å²) in [6.45, 7) is 1.06. The number of rotatable bonds is 9. The molecule has 0 aliphatic carbocycles. The lowest BCUT2D eigenvalue weighted by atomic mass is 9.93. The standard InChI is InChI=1S/C24H28O5/c1-3-10-20-22(25)24(28-16-19-13-8-5-9-14-19)23(21(29-20)17-26-2)27-15-18-11-6-4-7-12-18/h1,4-9,11-14,20-25H,10,15-17H2,2H3/t20-,21-,22-,23-,24-/m1/s1. The van der Waals surface area contributed by atoms with Crippen LogP contribution >= 0.6 is 0 Å². The van der Waals surface area contributed by atoms with Gasteiger partial charge < -0.3 is 24.1 Å². The molecule has 3 rings (SSSR count). The van der Waals surface area contributed by atoms with Crippen LogP contribution in [0.5, 0.6) is 0 Å². The molecule has 0 aromatic heterocycles. The molecule has 1 fully saturated rings. The minimum absolute atomic E-state index is 0.290. The van der Waals surface area contributed by atoms with Crippen LogP contribution in [0.25, 0.3) is 0 Å². The van der Waals surface area contributed by atoms with Gasteiger partial charge in [-0.2, -0.15) is 0 Å². The Hall–Kier alpha value is -2.20. The highest BCUT2D eigenvalue weighted by atomic mass is 16.6. The molecule has 0 radical (unpaired) electrons. The van der Waals surface area contributed by atoms with Crippen molar-refractivity contribution in [1.29, 1.82) is 0 Å². The van der Waals surface area contributed by atoms with Crippen molar-refractivity contribution >= 4 is 0 Å². The molecule has 29 heavy (non-hydrogen) atoms. The van der Waals surface area contributed by atoms with Crippen molar-refractivity contribution in [3.63, 3.8) is 0 Å². The third kappa shape index (κ3) is 5.89. The predicted molar refractivity (Wildman–Crippen MR) is 110 cm³/mol. The van der Waals surface area contributed by atoms with Gasteiger partial charge in [0.25, 0.3) is 0 Å². The van der Waals surface area contributed by atoms with Crippen molar-refractivity contribution in [1.82, 2.24) is 0 Å². The van der Waals surface area contributed by atoms with E-state index in [4.69, 9.17) is 25.4 Å². The Morgan fingerprint density at radius 3 is 1.97 bits per heavy atom. The fourth-order valence-corrected chi connectivity index (χ4v) is 3.51. The molecule has 5 nitrogen and oxygen atoms in total. The van der Waals surface area contributed by atoms with Gasteiger partial charge in [0.2, 0.25) is 0 Å². The third-order valence-corrected chi connectivity index (χ3v) is 4.98. The molecule has 1 heterocycles. The van der Waals surface area contributed by atoms with Gasteiger partial charge in [0.05, 0.1) is 25.9 Å². The molecule has 1 aliphatic heterocycles. The van der Waals surface area contributed by atoms with E-state index in [1.54, 1.807) is 7.11 Å². The summed E-state index contributed by atoms with van der Waals surface area (Å²) in [7, 11) is 1.61. The van der Waals surface area contributed by atoms with E-state index in [1.807, 2.05) is 60.7 Å². The van der Waals surface area contributed by atoms with Crippen LogP contribution in [0, 0.1) is 12.3 Å². The van der Waals surface area contributed by atoms with E-state index in [0.717, 1.165) is 11.1 Å². The monoisotopic (exact) mass is 396 g/mol. The average Bonchev–Trinajstić information content (AvgIpc) is 2.76. The van der Waals surface area contributed by atoms with Crippen LogP contribution in [0.4, 0.5) is 0 Å². The van der Waals surface area contributed by atoms with Gasteiger partial charge in [0, 0.05) is 13.5 Å². The SMILES string of the molecule is C#CC[C@H]1O[C@H](COC)[C@@H](OCc2ccccc2)[C@H](OCc2ccccc2)[C@@H]1O. The fraction of sp³-hybridized carbons (Fsp3) is 0.417. The van der Waals surface area contributed by atoms with E-state index in [2.05, 4.69) is 5.92 Å². The number of methoxy groups -OCH3 is 1. The van der Waals surface area contributed by atoms with Crippen LogP contribution < -0.4 is 0 Å². The second-order valence-electron chi connectivity index (χ2n) is 7.09. The van der Waals surface area contributed by atoms with E-state index >= 15 is 0 Å². The minimum atomic E-state index is -0.899. The molecule has 0 amide bonds. The highest BCUT2D eigenvalue weighted by Gasteiger charge is 2.46. The van der Waals surface area contributed by atoms with E-state index in [-0.39, 0.29) is 6.42 Å². The lowest BCUT2D eigenvalue weighted by Crippen LogP contribution is -2.60. The van der Waals surface area contributed by atoms with Crippen LogP contribution in [0.15, 0.2) is 60.7 Å². The van der Waals surface area contributed by atoms with Crippen LogP contribution in [0.1, 0.15) is 17.5 Å². The van der Waals surface area contributed by atoms with Gasteiger partial charge in [-0.15, -0.1) is 12.3 Å². The molecule has 0 bridgehead atoms. The zero-order valence-corrected chi connectivity index (χ0v) is 16.6. The topological polar surface area (TPSA) is 57.2 Å². The van der Waals surface area contributed by atoms with Crippen molar-refractivity contribution in [2.24, 2.45) is 0 Å². The van der Waals surface area contributed by atoms with Crippen molar-refractivity contribution in [2.45, 2.75) is 50.2 Å². The molecule has 5 atom stereocenters. The maximum Gasteiger partial charge on any atom is 0.115 e. The molecule has 1 N–H and O–H groups in total. The Balaban J connectivity index is 1.77. The Morgan fingerprint density at radius 2 is 1.45 bits per heavy atom. The number of benzene rings is 2. The van der Waals surface area contributed by atoms with Gasteiger partial charge in [-0.3, -0.25) is 0 Å². The maximum atomic E-state index is 10.9. The van der Waals surface area contributed by atoms with Gasteiger partial charge in [0.15, 0.2) is 0 Å². The molecule has 154 valence electrons. The first-order chi connectivity index (χ1) is 14.2. The molecule has 0 spiro atoms. The van der Waals surface area contributed by atoms with Crippen molar-refractivity contribution in [2.75, 3.05) is 13.7 Å². The molecule has 1 aliphatic rings. The first-order valence-corrected chi connectivity index (χ1v) is 9.80. The normalized spacial score (nSPS) is 26.7. The Bertz CT molecular complexity index is 758. The third-order valence-electron chi connectivity index (χ3n) is 4.98. The van der Waals surface area contributed by atoms with Gasteiger partial charge in [-0.05, 0) is 11.1 Å². The van der Waals surface area contributed by atoms with E-state index < -0.39 is 30.5 Å². The second-order valence-corrected chi connectivity index (χ2v) is 7.09. The molecule has 2 aromatic carbocycles. The van der Waals surface area contributed by atoms with Crippen LogP contribution in [-0.2, 0) is 32.2 Å². The molecule has 2 aromatic rings. The Morgan fingerprint density at radius 1 is 0.897 bits per heavy atom. The predicted octanol–water partition coefficient (Wildman–Crippen LogP) is 2.96. The lowest BCUT2D eigenvalue weighted by Gasteiger charge is -2.44. The number of ether oxygens (including phenoxy) is 4. The zero-order valence-electron chi connectivity index (χ0n) is 16.6. The number of aliphatic hydroxyl groups excluding tert-OH is 1. The van der Waals surface area contributed by atoms with Crippen LogP contribution in [-0.4, -0.2) is 49.3 Å². The van der Waals surface area contributed by atoms with Gasteiger partial charge >= 0.3 is 0 Å². The summed E-state index contributed by atoms with van der Waals surface area (Å²) in [4.78, 5) is 0. The van der Waals surface area contributed by atoms with E-state index in [0.29, 0.717) is 19.8 Å². The van der Waals surface area contributed by atoms with E-state index in [9.17, 15) is 5.11 Å². The number of hydrogen-bond acceptors (Lipinski definition) is 5. The molecule has 1 saturated heterocycles. The van der Waals surface area contributed by atoms with Gasteiger partial charge in [-0.25, -0.2) is 0 Å². The first kappa shape index (κ1) is 21.5. The highest BCUT2D eigenvalue weighted by molar-refractivity contribution is 5.15. The maximum absolute atomic E-state index is 10.9. The quantitative estimate of drug-likeness (QED) is 0.661. The van der Waals surface area contributed by atoms with Gasteiger partial charge in [0.1, 0.15) is 24.4 Å².